The third-order valence-electron chi connectivity index (χ3n) is 2.57. The lowest BCUT2D eigenvalue weighted by Gasteiger charge is -2.05. The van der Waals surface area contributed by atoms with Gasteiger partial charge in [0, 0.05) is 18.8 Å². The van der Waals surface area contributed by atoms with Crippen molar-refractivity contribution in [3.8, 4) is 11.1 Å². The van der Waals surface area contributed by atoms with Gasteiger partial charge in [-0.15, -0.1) is 0 Å². The monoisotopic (exact) mass is 292 g/mol. The van der Waals surface area contributed by atoms with Crippen LogP contribution in [0.5, 0.6) is 0 Å². The lowest BCUT2D eigenvalue weighted by atomic mass is 10.1. The minimum Gasteiger partial charge on any atom is -0.382 e. The van der Waals surface area contributed by atoms with Crippen molar-refractivity contribution in [1.82, 2.24) is 0 Å². The van der Waals surface area contributed by atoms with Crippen molar-refractivity contribution in [3.63, 3.8) is 0 Å². The molecule has 3 nitrogen and oxygen atoms in total. The zero-order chi connectivity index (χ0) is 14.8. The van der Waals surface area contributed by atoms with Crippen molar-refractivity contribution in [2.45, 2.75) is 18.7 Å². The van der Waals surface area contributed by atoms with E-state index in [0.29, 0.717) is 4.90 Å². The van der Waals surface area contributed by atoms with Crippen molar-refractivity contribution in [2.75, 3.05) is 13.2 Å². The van der Waals surface area contributed by atoms with Crippen molar-refractivity contribution >= 4 is 11.1 Å². The molecule has 2 aromatic carbocycles. The van der Waals surface area contributed by atoms with Gasteiger partial charge in [-0.2, -0.15) is 0 Å². The molecule has 0 fully saturated rings. The van der Waals surface area contributed by atoms with Gasteiger partial charge >= 0.3 is 0 Å². The van der Waals surface area contributed by atoms with E-state index in [1.165, 1.54) is 0 Å². The highest BCUT2D eigenvalue weighted by molar-refractivity contribution is 7.79. The summed E-state index contributed by atoms with van der Waals surface area (Å²) in [6, 6.07) is 16.7. The average Bonchev–Trinajstić information content (AvgIpc) is 2.49. The molecule has 0 aliphatic rings. The Balaban J connectivity index is 0.000000347. The van der Waals surface area contributed by atoms with Gasteiger partial charge < -0.3 is 9.29 Å². The molecule has 0 aliphatic heterocycles. The smallest absolute Gasteiger partial charge is 0.187 e. The third-order valence-corrected chi connectivity index (χ3v) is 3.30. The minimum absolute atomic E-state index is 0.448. The fourth-order valence-electron chi connectivity index (χ4n) is 1.68. The van der Waals surface area contributed by atoms with Gasteiger partial charge in [0.2, 0.25) is 0 Å². The molecule has 0 bridgehead atoms. The Morgan fingerprint density at radius 2 is 1.50 bits per heavy atom. The Labute approximate surface area is 122 Å². The minimum atomic E-state index is -1.94. The molecule has 2 rings (SSSR count). The maximum absolute atomic E-state index is 11.1. The molecule has 0 aliphatic carbocycles. The molecule has 0 heterocycles. The van der Waals surface area contributed by atoms with Crippen LogP contribution in [-0.4, -0.2) is 22.0 Å². The molecule has 0 amide bonds. The van der Waals surface area contributed by atoms with Gasteiger partial charge in [0.05, 0.1) is 4.90 Å². The largest absolute Gasteiger partial charge is 0.382 e. The molecule has 108 valence electrons. The molecule has 1 N–H and O–H groups in total. The predicted molar refractivity (Wildman–Crippen MR) is 83.1 cm³/mol. The summed E-state index contributed by atoms with van der Waals surface area (Å²) in [5.41, 5.74) is 1.76. The van der Waals surface area contributed by atoms with E-state index < -0.39 is 11.1 Å². The van der Waals surface area contributed by atoms with E-state index in [9.17, 15) is 4.21 Å². The summed E-state index contributed by atoms with van der Waals surface area (Å²) in [6.07, 6.45) is 0. The van der Waals surface area contributed by atoms with E-state index in [-0.39, 0.29) is 0 Å². The topological polar surface area (TPSA) is 46.5 Å². The first-order valence-electron chi connectivity index (χ1n) is 6.53. The summed E-state index contributed by atoms with van der Waals surface area (Å²) in [5, 5.41) is 0. The second-order valence-corrected chi connectivity index (χ2v) is 4.83. The SMILES string of the molecule is CCOCC.O=S(O)c1ccccc1-c1ccccc1. The van der Waals surface area contributed by atoms with Gasteiger partial charge in [-0.05, 0) is 25.5 Å². The Kier molecular flexibility index (Phi) is 7.80. The van der Waals surface area contributed by atoms with Gasteiger partial charge in [-0.3, -0.25) is 0 Å². The van der Waals surface area contributed by atoms with E-state index in [1.54, 1.807) is 12.1 Å². The van der Waals surface area contributed by atoms with Crippen LogP contribution in [0.15, 0.2) is 59.5 Å². The van der Waals surface area contributed by atoms with Crippen LogP contribution < -0.4 is 0 Å². The van der Waals surface area contributed by atoms with Crippen LogP contribution in [0.4, 0.5) is 0 Å². The molecule has 1 atom stereocenters. The molecule has 0 radical (unpaired) electrons. The van der Waals surface area contributed by atoms with Gasteiger partial charge in [0.25, 0.3) is 0 Å². The number of hydrogen-bond acceptors (Lipinski definition) is 2. The molecular weight excluding hydrogens is 272 g/mol. The molecule has 2 aromatic rings. The zero-order valence-corrected chi connectivity index (χ0v) is 12.6. The molecule has 1 unspecified atom stereocenters. The van der Waals surface area contributed by atoms with E-state index in [1.807, 2.05) is 56.3 Å². The highest BCUT2D eigenvalue weighted by Gasteiger charge is 2.07. The first-order valence-corrected chi connectivity index (χ1v) is 7.64. The summed E-state index contributed by atoms with van der Waals surface area (Å²) in [5.74, 6) is 0. The summed E-state index contributed by atoms with van der Waals surface area (Å²) >= 11 is -1.94. The fourth-order valence-corrected chi connectivity index (χ4v) is 2.25. The van der Waals surface area contributed by atoms with E-state index in [0.717, 1.165) is 24.3 Å². The molecular formula is C16H20O3S. The standard InChI is InChI=1S/C12H10O2S.C4H10O/c13-15(14)12-9-5-4-8-11(12)10-6-2-1-3-7-10;1-3-5-4-2/h1-9H,(H,13,14);3-4H2,1-2H3. The van der Waals surface area contributed by atoms with E-state index in [2.05, 4.69) is 0 Å². The van der Waals surface area contributed by atoms with E-state index in [4.69, 9.17) is 9.29 Å². The lowest BCUT2D eigenvalue weighted by Crippen LogP contribution is -1.91. The normalized spacial score (nSPS) is 11.3. The summed E-state index contributed by atoms with van der Waals surface area (Å²) in [7, 11) is 0. The maximum atomic E-state index is 11.1. The van der Waals surface area contributed by atoms with Crippen LogP contribution in [0.3, 0.4) is 0 Å². The van der Waals surface area contributed by atoms with E-state index >= 15 is 0 Å². The quantitative estimate of drug-likeness (QED) is 0.867. The van der Waals surface area contributed by atoms with Crippen LogP contribution in [-0.2, 0) is 15.8 Å². The summed E-state index contributed by atoms with van der Waals surface area (Å²) in [4.78, 5) is 0.448. The maximum Gasteiger partial charge on any atom is 0.187 e. The fraction of sp³-hybridized carbons (Fsp3) is 0.250. The second-order valence-electron chi connectivity index (χ2n) is 3.89. The Morgan fingerprint density at radius 1 is 0.950 bits per heavy atom. The zero-order valence-electron chi connectivity index (χ0n) is 11.8. The van der Waals surface area contributed by atoms with Crippen LogP contribution >= 0.6 is 0 Å². The van der Waals surface area contributed by atoms with Gasteiger partial charge in [-0.1, -0.05) is 48.5 Å². The van der Waals surface area contributed by atoms with Crippen molar-refractivity contribution in [2.24, 2.45) is 0 Å². The Morgan fingerprint density at radius 3 is 2.00 bits per heavy atom. The molecule has 0 aromatic heterocycles. The van der Waals surface area contributed by atoms with Crippen molar-refractivity contribution in [1.29, 1.82) is 0 Å². The van der Waals surface area contributed by atoms with Gasteiger partial charge in [0.15, 0.2) is 11.1 Å². The molecule has 20 heavy (non-hydrogen) atoms. The van der Waals surface area contributed by atoms with Crippen LogP contribution in [0, 0.1) is 0 Å². The summed E-state index contributed by atoms with van der Waals surface area (Å²) in [6.45, 7) is 5.67. The molecule has 0 saturated carbocycles. The predicted octanol–water partition coefficient (Wildman–Crippen LogP) is 3.98. The Bertz CT molecular complexity index is 524. The lowest BCUT2D eigenvalue weighted by molar-refractivity contribution is 0.162. The van der Waals surface area contributed by atoms with Crippen LogP contribution in [0.2, 0.25) is 0 Å². The molecule has 4 heteroatoms. The first kappa shape index (κ1) is 16.6. The number of ether oxygens (including phenoxy) is 1. The number of hydrogen-bond donors (Lipinski definition) is 1. The molecule has 0 saturated heterocycles. The average molecular weight is 292 g/mol. The van der Waals surface area contributed by atoms with Crippen LogP contribution in [0.1, 0.15) is 13.8 Å². The number of benzene rings is 2. The van der Waals surface area contributed by atoms with Gasteiger partial charge in [0.1, 0.15) is 0 Å². The number of rotatable bonds is 4. The van der Waals surface area contributed by atoms with Gasteiger partial charge in [-0.25, -0.2) is 4.21 Å². The third kappa shape index (κ3) is 5.25. The molecule has 0 spiro atoms. The highest BCUT2D eigenvalue weighted by atomic mass is 32.2. The van der Waals surface area contributed by atoms with Crippen molar-refractivity contribution in [3.05, 3.63) is 54.6 Å². The van der Waals surface area contributed by atoms with Crippen LogP contribution in [0.25, 0.3) is 11.1 Å². The summed E-state index contributed by atoms with van der Waals surface area (Å²) < 4.78 is 25.1. The second kappa shape index (κ2) is 9.42. The van der Waals surface area contributed by atoms with Crippen molar-refractivity contribution < 1.29 is 13.5 Å². The highest BCUT2D eigenvalue weighted by Crippen LogP contribution is 2.24. The first-order chi connectivity index (χ1) is 9.70. The Hall–Kier alpha value is -1.49.